The molecule has 0 bridgehead atoms. The summed E-state index contributed by atoms with van der Waals surface area (Å²) in [6.45, 7) is 0.609. The lowest BCUT2D eigenvalue weighted by molar-refractivity contribution is 0.933. The van der Waals surface area contributed by atoms with Crippen molar-refractivity contribution in [2.45, 2.75) is 6.54 Å². The van der Waals surface area contributed by atoms with Crippen molar-refractivity contribution in [2.24, 2.45) is 7.05 Å². The molecule has 0 saturated heterocycles. The molecule has 4 aromatic rings. The highest BCUT2D eigenvalue weighted by atomic mass is 16.1. The lowest BCUT2D eigenvalue weighted by Gasteiger charge is -2.24. The van der Waals surface area contributed by atoms with Gasteiger partial charge in [-0.05, 0) is 35.9 Å². The Labute approximate surface area is 149 Å². The number of nitrogens with zero attached hydrogens (tertiary/aromatic N) is 3. The Morgan fingerprint density at radius 1 is 1.19 bits per heavy atom. The van der Waals surface area contributed by atoms with Crippen LogP contribution in [0, 0.1) is 0 Å². The molecular weight excluding hydrogens is 326 g/mol. The van der Waals surface area contributed by atoms with E-state index in [9.17, 15) is 4.79 Å². The second kappa shape index (κ2) is 5.23. The minimum Gasteiger partial charge on any atom is -0.399 e. The Balaban J connectivity index is 1.90. The third-order valence-corrected chi connectivity index (χ3v) is 4.95. The van der Waals surface area contributed by atoms with E-state index in [4.69, 9.17) is 5.73 Å². The molecule has 1 aliphatic heterocycles. The zero-order valence-electron chi connectivity index (χ0n) is 14.2. The summed E-state index contributed by atoms with van der Waals surface area (Å²) in [7, 11) is 1.90. The molecule has 26 heavy (non-hydrogen) atoms. The van der Waals surface area contributed by atoms with Crippen molar-refractivity contribution in [1.29, 1.82) is 0 Å². The Hall–Kier alpha value is -3.54. The fourth-order valence-corrected chi connectivity index (χ4v) is 3.83. The van der Waals surface area contributed by atoms with Crippen LogP contribution in [0.25, 0.3) is 22.0 Å². The maximum absolute atomic E-state index is 12.4. The monoisotopic (exact) mass is 343 g/mol. The predicted molar refractivity (Wildman–Crippen MR) is 103 cm³/mol. The van der Waals surface area contributed by atoms with Gasteiger partial charge in [0.25, 0.3) is 5.56 Å². The van der Waals surface area contributed by atoms with E-state index < -0.39 is 0 Å². The van der Waals surface area contributed by atoms with Crippen LogP contribution in [0.1, 0.15) is 5.56 Å². The van der Waals surface area contributed by atoms with Gasteiger partial charge in [0.15, 0.2) is 0 Å². The van der Waals surface area contributed by atoms with Crippen LogP contribution in [0.5, 0.6) is 0 Å². The second-order valence-electron chi connectivity index (χ2n) is 6.57. The van der Waals surface area contributed by atoms with Crippen molar-refractivity contribution in [3.05, 3.63) is 70.9 Å². The summed E-state index contributed by atoms with van der Waals surface area (Å²) in [5.74, 6) is 0.854. The first-order valence-electron chi connectivity index (χ1n) is 8.41. The summed E-state index contributed by atoms with van der Waals surface area (Å²) in [5, 5.41) is 0.974. The van der Waals surface area contributed by atoms with Crippen molar-refractivity contribution >= 4 is 28.1 Å². The summed E-state index contributed by atoms with van der Waals surface area (Å²) in [4.78, 5) is 22.0. The molecule has 0 aliphatic carbocycles. The third kappa shape index (κ3) is 1.99. The number of nitrogen functional groups attached to an aromatic ring is 1. The maximum Gasteiger partial charge on any atom is 0.272 e. The van der Waals surface area contributed by atoms with Crippen LogP contribution < -0.4 is 16.2 Å². The van der Waals surface area contributed by atoms with Gasteiger partial charge in [-0.1, -0.05) is 6.07 Å². The topological polar surface area (TPSA) is 79.9 Å². The number of hydrogen-bond donors (Lipinski definition) is 2. The van der Waals surface area contributed by atoms with Crippen LogP contribution in [0.4, 0.5) is 17.2 Å². The Bertz CT molecular complexity index is 1210. The molecule has 0 unspecified atom stereocenters. The van der Waals surface area contributed by atoms with Gasteiger partial charge >= 0.3 is 0 Å². The lowest BCUT2D eigenvalue weighted by atomic mass is 10.0. The molecule has 0 amide bonds. The first-order valence-corrected chi connectivity index (χ1v) is 8.41. The molecule has 0 spiro atoms. The number of anilines is 3. The first-order chi connectivity index (χ1) is 12.6. The van der Waals surface area contributed by atoms with Crippen LogP contribution in [-0.4, -0.2) is 14.5 Å². The lowest BCUT2D eigenvalue weighted by Crippen LogP contribution is -2.19. The average Bonchev–Trinajstić information content (AvgIpc) is 2.94. The highest BCUT2D eigenvalue weighted by Crippen LogP contribution is 2.43. The number of benzene rings is 1. The van der Waals surface area contributed by atoms with Crippen molar-refractivity contribution in [1.82, 2.24) is 14.5 Å². The number of rotatable bonds is 1. The number of hydrogen-bond acceptors (Lipinski definition) is 4. The molecule has 4 heterocycles. The number of aromatic nitrogens is 3. The normalized spacial score (nSPS) is 12.9. The standard InChI is InChI=1S/C20H17N5O/c1-24-11-15-14-8-13(21)5-6-16(14)25(17-4-2-3-7-22-17)10-12-9-23-20(26)19(24)18(12)15/h2-9,11H,10,21H2,1H3,(H,23,26). The van der Waals surface area contributed by atoms with E-state index in [1.807, 2.05) is 54.2 Å². The van der Waals surface area contributed by atoms with Crippen molar-refractivity contribution in [2.75, 3.05) is 10.6 Å². The van der Waals surface area contributed by atoms with E-state index in [0.717, 1.165) is 33.6 Å². The van der Waals surface area contributed by atoms with E-state index in [-0.39, 0.29) is 5.56 Å². The number of fused-ring (bicyclic) bond motifs is 2. The molecule has 0 fully saturated rings. The SMILES string of the molecule is Cn1cc2c3c(c[nH]c(=O)c31)CN(c1ccccn1)c1ccc(N)cc1-2. The number of nitrogens with two attached hydrogens (primary N) is 1. The molecule has 5 rings (SSSR count). The second-order valence-corrected chi connectivity index (χ2v) is 6.57. The average molecular weight is 343 g/mol. The molecule has 6 nitrogen and oxygen atoms in total. The predicted octanol–water partition coefficient (Wildman–Crippen LogP) is 3.16. The molecule has 1 aliphatic rings. The first kappa shape index (κ1) is 14.8. The smallest absolute Gasteiger partial charge is 0.272 e. The number of H-pyrrole nitrogens is 1. The van der Waals surface area contributed by atoms with Gasteiger partial charge in [-0.2, -0.15) is 0 Å². The van der Waals surface area contributed by atoms with Crippen LogP contribution in [0.2, 0.25) is 0 Å². The van der Waals surface area contributed by atoms with Gasteiger partial charge in [-0.25, -0.2) is 4.98 Å². The van der Waals surface area contributed by atoms with E-state index in [0.29, 0.717) is 17.7 Å². The summed E-state index contributed by atoms with van der Waals surface area (Å²) < 4.78 is 1.89. The fourth-order valence-electron chi connectivity index (χ4n) is 3.83. The minimum atomic E-state index is -0.0887. The molecule has 0 radical (unpaired) electrons. The molecule has 6 heteroatoms. The Kier molecular flexibility index (Phi) is 2.97. The molecule has 0 atom stereocenters. The molecule has 1 aromatic carbocycles. The highest BCUT2D eigenvalue weighted by molar-refractivity contribution is 6.03. The van der Waals surface area contributed by atoms with E-state index in [1.54, 1.807) is 12.4 Å². The molecule has 128 valence electrons. The van der Waals surface area contributed by atoms with E-state index >= 15 is 0 Å². The van der Waals surface area contributed by atoms with Gasteiger partial charge in [0.2, 0.25) is 0 Å². The van der Waals surface area contributed by atoms with E-state index in [2.05, 4.69) is 14.9 Å². The van der Waals surface area contributed by atoms with Gasteiger partial charge in [0, 0.05) is 47.8 Å². The summed E-state index contributed by atoms with van der Waals surface area (Å²) in [6.07, 6.45) is 5.59. The summed E-state index contributed by atoms with van der Waals surface area (Å²) in [5.41, 5.74) is 11.5. The largest absolute Gasteiger partial charge is 0.399 e. The van der Waals surface area contributed by atoms with Crippen molar-refractivity contribution in [3.8, 4) is 11.1 Å². The zero-order chi connectivity index (χ0) is 17.8. The van der Waals surface area contributed by atoms with Gasteiger partial charge in [0.05, 0.1) is 12.2 Å². The van der Waals surface area contributed by atoms with E-state index in [1.165, 1.54) is 0 Å². The Morgan fingerprint density at radius 2 is 2.08 bits per heavy atom. The molecular formula is C20H17N5O. The molecule has 0 saturated carbocycles. The third-order valence-electron chi connectivity index (χ3n) is 4.95. The number of aryl methyl sites for hydroxylation is 1. The van der Waals surface area contributed by atoms with Crippen LogP contribution in [0.15, 0.2) is 59.8 Å². The minimum absolute atomic E-state index is 0.0887. The van der Waals surface area contributed by atoms with Crippen LogP contribution in [0.3, 0.4) is 0 Å². The van der Waals surface area contributed by atoms with Crippen molar-refractivity contribution in [3.63, 3.8) is 0 Å². The molecule has 3 N–H and O–H groups in total. The van der Waals surface area contributed by atoms with Crippen LogP contribution >= 0.6 is 0 Å². The fraction of sp³-hybridized carbons (Fsp3) is 0.100. The van der Waals surface area contributed by atoms with Crippen LogP contribution in [-0.2, 0) is 13.6 Å². The van der Waals surface area contributed by atoms with Gasteiger partial charge < -0.3 is 20.2 Å². The van der Waals surface area contributed by atoms with Gasteiger partial charge in [-0.3, -0.25) is 4.79 Å². The summed E-state index contributed by atoms with van der Waals surface area (Å²) in [6, 6.07) is 11.7. The number of pyridine rings is 2. The van der Waals surface area contributed by atoms with Gasteiger partial charge in [0.1, 0.15) is 11.3 Å². The zero-order valence-corrected chi connectivity index (χ0v) is 14.2. The van der Waals surface area contributed by atoms with Crippen molar-refractivity contribution < 1.29 is 0 Å². The Morgan fingerprint density at radius 3 is 2.88 bits per heavy atom. The maximum atomic E-state index is 12.4. The quantitative estimate of drug-likeness (QED) is 0.520. The number of nitrogens with one attached hydrogen (secondary N) is 1. The number of aromatic amines is 1. The van der Waals surface area contributed by atoms with Gasteiger partial charge in [-0.15, -0.1) is 0 Å². The summed E-state index contributed by atoms with van der Waals surface area (Å²) >= 11 is 0. The molecule has 3 aromatic heterocycles. The highest BCUT2D eigenvalue weighted by Gasteiger charge is 2.26.